The molecule has 25 heavy (non-hydrogen) atoms. The molecular formula is C19H19N3O3. The van der Waals surface area contributed by atoms with Gasteiger partial charge >= 0.3 is 11.8 Å². The summed E-state index contributed by atoms with van der Waals surface area (Å²) in [6, 6.07) is 14.6. The lowest BCUT2D eigenvalue weighted by Crippen LogP contribution is -2.35. The minimum absolute atomic E-state index is 0.117. The van der Waals surface area contributed by atoms with E-state index < -0.39 is 11.8 Å². The molecule has 1 heterocycles. The second-order valence-electron chi connectivity index (χ2n) is 5.82. The van der Waals surface area contributed by atoms with E-state index in [0.29, 0.717) is 5.69 Å². The largest absolute Gasteiger partial charge is 0.392 e. The lowest BCUT2D eigenvalue weighted by molar-refractivity contribution is -0.136. The predicted octanol–water partition coefficient (Wildman–Crippen LogP) is 2.22. The smallest absolute Gasteiger partial charge is 0.313 e. The summed E-state index contributed by atoms with van der Waals surface area (Å²) in [6.07, 6.45) is 0. The summed E-state index contributed by atoms with van der Waals surface area (Å²) >= 11 is 0. The first kappa shape index (κ1) is 16.7. The number of nitrogens with one attached hydrogen (secondary N) is 3. The van der Waals surface area contributed by atoms with E-state index in [9.17, 15) is 14.7 Å². The lowest BCUT2D eigenvalue weighted by Gasteiger charge is -2.09. The van der Waals surface area contributed by atoms with Crippen molar-refractivity contribution in [1.29, 1.82) is 0 Å². The Morgan fingerprint density at radius 3 is 2.56 bits per heavy atom. The minimum atomic E-state index is -0.729. The average Bonchev–Trinajstić information content (AvgIpc) is 2.99. The second-order valence-corrected chi connectivity index (χ2v) is 5.82. The summed E-state index contributed by atoms with van der Waals surface area (Å²) in [4.78, 5) is 27.2. The quantitative estimate of drug-likeness (QED) is 0.550. The molecule has 6 heteroatoms. The molecule has 128 valence electrons. The van der Waals surface area contributed by atoms with Crippen LogP contribution in [-0.2, 0) is 22.7 Å². The number of fused-ring (bicyclic) bond motifs is 1. The molecule has 0 bridgehead atoms. The number of aliphatic hydroxyl groups excluding tert-OH is 1. The molecule has 0 atom stereocenters. The Bertz CT molecular complexity index is 931. The van der Waals surface area contributed by atoms with Gasteiger partial charge in [0.05, 0.1) is 6.61 Å². The van der Waals surface area contributed by atoms with Gasteiger partial charge in [0.15, 0.2) is 0 Å². The van der Waals surface area contributed by atoms with Gasteiger partial charge in [-0.3, -0.25) is 9.59 Å². The van der Waals surface area contributed by atoms with E-state index >= 15 is 0 Å². The molecule has 6 nitrogen and oxygen atoms in total. The number of H-pyrrole nitrogens is 1. The van der Waals surface area contributed by atoms with Gasteiger partial charge in [0, 0.05) is 28.8 Å². The third-order valence-electron chi connectivity index (χ3n) is 3.95. The van der Waals surface area contributed by atoms with E-state index in [1.54, 1.807) is 18.2 Å². The van der Waals surface area contributed by atoms with Gasteiger partial charge in [-0.1, -0.05) is 24.3 Å². The maximum Gasteiger partial charge on any atom is 0.313 e. The lowest BCUT2D eigenvalue weighted by atomic mass is 10.1. The Labute approximate surface area is 144 Å². The normalized spacial score (nSPS) is 10.6. The Balaban J connectivity index is 1.62. The summed E-state index contributed by atoms with van der Waals surface area (Å²) < 4.78 is 0. The number of aryl methyl sites for hydroxylation is 1. The standard InChI is InChI=1S/C19H19N3O3/c1-12-8-15-9-16(6-7-17(15)21-12)22-19(25)18(24)20-10-13-4-2-3-5-14(13)11-23/h2-9,21,23H,10-11H2,1H3,(H,20,24)(H,22,25). The third kappa shape index (κ3) is 3.87. The fraction of sp³-hybridized carbons (Fsp3) is 0.158. The Morgan fingerprint density at radius 2 is 1.80 bits per heavy atom. The first-order chi connectivity index (χ1) is 12.1. The van der Waals surface area contributed by atoms with E-state index in [1.165, 1.54) is 0 Å². The van der Waals surface area contributed by atoms with Crippen LogP contribution in [-0.4, -0.2) is 21.9 Å². The van der Waals surface area contributed by atoms with Gasteiger partial charge in [0.2, 0.25) is 0 Å². The van der Waals surface area contributed by atoms with Gasteiger partial charge in [0.1, 0.15) is 0 Å². The number of aliphatic hydroxyl groups is 1. The highest BCUT2D eigenvalue weighted by atomic mass is 16.3. The van der Waals surface area contributed by atoms with Crippen LogP contribution in [0.4, 0.5) is 5.69 Å². The van der Waals surface area contributed by atoms with Crippen LogP contribution in [0.1, 0.15) is 16.8 Å². The van der Waals surface area contributed by atoms with Crippen molar-refractivity contribution in [2.75, 3.05) is 5.32 Å². The highest BCUT2D eigenvalue weighted by molar-refractivity contribution is 6.39. The van der Waals surface area contributed by atoms with E-state index in [4.69, 9.17) is 0 Å². The van der Waals surface area contributed by atoms with Crippen molar-refractivity contribution in [2.24, 2.45) is 0 Å². The van der Waals surface area contributed by atoms with Crippen molar-refractivity contribution >= 4 is 28.4 Å². The number of anilines is 1. The molecule has 0 unspecified atom stereocenters. The molecule has 3 aromatic rings. The SMILES string of the molecule is Cc1cc2cc(NC(=O)C(=O)NCc3ccccc3CO)ccc2[nH]1. The van der Waals surface area contributed by atoms with Gasteiger partial charge in [-0.2, -0.15) is 0 Å². The topological polar surface area (TPSA) is 94.2 Å². The monoisotopic (exact) mass is 337 g/mol. The van der Waals surface area contributed by atoms with E-state index in [2.05, 4.69) is 15.6 Å². The maximum atomic E-state index is 12.0. The number of carbonyl (C=O) groups is 2. The Hall–Kier alpha value is -3.12. The summed E-state index contributed by atoms with van der Waals surface area (Å²) in [5, 5.41) is 15.4. The van der Waals surface area contributed by atoms with Crippen molar-refractivity contribution < 1.29 is 14.7 Å². The van der Waals surface area contributed by atoms with Crippen LogP contribution in [0.2, 0.25) is 0 Å². The number of amides is 2. The predicted molar refractivity (Wildman–Crippen MR) is 95.9 cm³/mol. The molecule has 2 aromatic carbocycles. The highest BCUT2D eigenvalue weighted by Gasteiger charge is 2.14. The maximum absolute atomic E-state index is 12.0. The van der Waals surface area contributed by atoms with Gasteiger partial charge in [-0.15, -0.1) is 0 Å². The summed E-state index contributed by atoms with van der Waals surface area (Å²) in [5.74, 6) is -1.45. The van der Waals surface area contributed by atoms with Gasteiger partial charge < -0.3 is 20.7 Å². The van der Waals surface area contributed by atoms with Crippen LogP contribution in [0.25, 0.3) is 10.9 Å². The average molecular weight is 337 g/mol. The highest BCUT2D eigenvalue weighted by Crippen LogP contribution is 2.19. The minimum Gasteiger partial charge on any atom is -0.392 e. The molecule has 2 amide bonds. The molecule has 0 aliphatic heterocycles. The first-order valence-electron chi connectivity index (χ1n) is 7.93. The van der Waals surface area contributed by atoms with Gasteiger partial charge in [-0.25, -0.2) is 0 Å². The van der Waals surface area contributed by atoms with Crippen LogP contribution in [0, 0.1) is 6.92 Å². The number of aromatic nitrogens is 1. The Morgan fingerprint density at radius 1 is 1.04 bits per heavy atom. The number of hydrogen-bond donors (Lipinski definition) is 4. The molecule has 0 radical (unpaired) electrons. The summed E-state index contributed by atoms with van der Waals surface area (Å²) in [7, 11) is 0. The number of carbonyl (C=O) groups excluding carboxylic acids is 2. The molecular weight excluding hydrogens is 318 g/mol. The molecule has 0 fully saturated rings. The molecule has 0 spiro atoms. The van der Waals surface area contributed by atoms with Crippen LogP contribution < -0.4 is 10.6 Å². The Kier molecular flexibility index (Phi) is 4.81. The molecule has 0 aliphatic carbocycles. The third-order valence-corrected chi connectivity index (χ3v) is 3.95. The summed E-state index contributed by atoms with van der Waals surface area (Å²) in [6.45, 7) is 2.02. The van der Waals surface area contributed by atoms with Crippen molar-refractivity contribution in [2.45, 2.75) is 20.1 Å². The molecule has 4 N–H and O–H groups in total. The van der Waals surface area contributed by atoms with Crippen LogP contribution in [0.15, 0.2) is 48.5 Å². The van der Waals surface area contributed by atoms with Gasteiger partial charge in [-0.05, 0) is 42.3 Å². The number of rotatable bonds is 4. The zero-order chi connectivity index (χ0) is 17.8. The summed E-state index contributed by atoms with van der Waals surface area (Å²) in [5.41, 5.74) is 4.05. The van der Waals surface area contributed by atoms with E-state index in [0.717, 1.165) is 27.7 Å². The van der Waals surface area contributed by atoms with Gasteiger partial charge in [0.25, 0.3) is 0 Å². The van der Waals surface area contributed by atoms with Crippen molar-refractivity contribution in [3.63, 3.8) is 0 Å². The zero-order valence-electron chi connectivity index (χ0n) is 13.8. The van der Waals surface area contributed by atoms with Crippen molar-refractivity contribution in [3.8, 4) is 0 Å². The zero-order valence-corrected chi connectivity index (χ0v) is 13.8. The van der Waals surface area contributed by atoms with Crippen molar-refractivity contribution in [3.05, 3.63) is 65.4 Å². The van der Waals surface area contributed by atoms with Crippen LogP contribution in [0.5, 0.6) is 0 Å². The van der Waals surface area contributed by atoms with Crippen LogP contribution >= 0.6 is 0 Å². The second kappa shape index (κ2) is 7.19. The molecule has 0 aliphatic rings. The van der Waals surface area contributed by atoms with E-state index in [-0.39, 0.29) is 13.2 Å². The number of benzene rings is 2. The number of hydrogen-bond acceptors (Lipinski definition) is 3. The fourth-order valence-corrected chi connectivity index (χ4v) is 2.68. The molecule has 0 saturated carbocycles. The molecule has 1 aromatic heterocycles. The van der Waals surface area contributed by atoms with E-state index in [1.807, 2.05) is 37.3 Å². The van der Waals surface area contributed by atoms with Crippen LogP contribution in [0.3, 0.4) is 0 Å². The molecule has 0 saturated heterocycles. The fourth-order valence-electron chi connectivity index (χ4n) is 2.68. The number of aromatic amines is 1. The molecule has 3 rings (SSSR count). The van der Waals surface area contributed by atoms with Crippen molar-refractivity contribution in [1.82, 2.24) is 10.3 Å². The first-order valence-corrected chi connectivity index (χ1v) is 7.93.